The standard InChI is InChI=1S/C14H18ClNO3S/c1-11(17)14(8-2-3-9-14)16-20(18,19)10-12-4-6-13(15)7-5-12/h4-7,16H,2-3,8-10H2,1H3. The lowest BCUT2D eigenvalue weighted by Crippen LogP contribution is -2.51. The van der Waals surface area contributed by atoms with E-state index >= 15 is 0 Å². The minimum Gasteiger partial charge on any atom is -0.298 e. The third kappa shape index (κ3) is 3.59. The van der Waals surface area contributed by atoms with E-state index < -0.39 is 15.6 Å². The molecular weight excluding hydrogens is 298 g/mol. The minimum absolute atomic E-state index is 0.102. The van der Waals surface area contributed by atoms with Crippen molar-refractivity contribution in [3.05, 3.63) is 34.9 Å². The first-order valence-corrected chi connectivity index (χ1v) is 8.63. The molecule has 1 fully saturated rings. The van der Waals surface area contributed by atoms with Crippen LogP contribution >= 0.6 is 11.6 Å². The van der Waals surface area contributed by atoms with Gasteiger partial charge in [0.1, 0.15) is 0 Å². The zero-order chi connectivity index (χ0) is 14.8. The van der Waals surface area contributed by atoms with E-state index in [-0.39, 0.29) is 11.5 Å². The summed E-state index contributed by atoms with van der Waals surface area (Å²) in [6, 6.07) is 6.67. The zero-order valence-corrected chi connectivity index (χ0v) is 12.9. The maximum Gasteiger partial charge on any atom is 0.216 e. The normalized spacial score (nSPS) is 18.1. The first kappa shape index (κ1) is 15.5. The van der Waals surface area contributed by atoms with E-state index in [1.807, 2.05) is 0 Å². The number of carbonyl (C=O) groups excluding carboxylic acids is 1. The second-order valence-electron chi connectivity index (χ2n) is 5.33. The lowest BCUT2D eigenvalue weighted by molar-refractivity contribution is -0.122. The van der Waals surface area contributed by atoms with Gasteiger partial charge >= 0.3 is 0 Å². The van der Waals surface area contributed by atoms with Crippen molar-refractivity contribution in [2.24, 2.45) is 0 Å². The summed E-state index contributed by atoms with van der Waals surface area (Å²) in [7, 11) is -3.55. The number of hydrogen-bond donors (Lipinski definition) is 1. The van der Waals surface area contributed by atoms with Crippen molar-refractivity contribution in [3.8, 4) is 0 Å². The number of rotatable bonds is 5. The van der Waals surface area contributed by atoms with Crippen LogP contribution in [0, 0.1) is 0 Å². The predicted octanol–water partition coefficient (Wildman–Crippen LogP) is 2.66. The summed E-state index contributed by atoms with van der Waals surface area (Å²) in [6.07, 6.45) is 2.93. The smallest absolute Gasteiger partial charge is 0.216 e. The molecule has 20 heavy (non-hydrogen) atoms. The van der Waals surface area contributed by atoms with E-state index in [2.05, 4.69) is 4.72 Å². The molecule has 0 aliphatic heterocycles. The molecule has 0 radical (unpaired) electrons. The molecular formula is C14H18ClNO3S. The molecule has 2 rings (SSSR count). The van der Waals surface area contributed by atoms with Crippen LogP contribution in [-0.4, -0.2) is 19.7 Å². The van der Waals surface area contributed by atoms with Crippen molar-refractivity contribution in [3.63, 3.8) is 0 Å². The molecule has 1 saturated carbocycles. The molecule has 1 aromatic carbocycles. The van der Waals surface area contributed by atoms with Crippen LogP contribution in [0.5, 0.6) is 0 Å². The molecule has 0 saturated heterocycles. The molecule has 0 spiro atoms. The predicted molar refractivity (Wildman–Crippen MR) is 79.1 cm³/mol. The number of nitrogens with one attached hydrogen (secondary N) is 1. The van der Waals surface area contributed by atoms with E-state index in [1.165, 1.54) is 6.92 Å². The Morgan fingerprint density at radius 2 is 1.80 bits per heavy atom. The lowest BCUT2D eigenvalue weighted by atomic mass is 9.95. The van der Waals surface area contributed by atoms with Crippen LogP contribution in [0.2, 0.25) is 5.02 Å². The summed E-state index contributed by atoms with van der Waals surface area (Å²) in [6.45, 7) is 1.45. The number of sulfonamides is 1. The van der Waals surface area contributed by atoms with E-state index in [4.69, 9.17) is 11.6 Å². The third-order valence-electron chi connectivity index (χ3n) is 3.75. The van der Waals surface area contributed by atoms with Gasteiger partial charge in [0, 0.05) is 5.02 Å². The number of ketones is 1. The Hall–Kier alpha value is -0.910. The molecule has 1 aliphatic carbocycles. The third-order valence-corrected chi connectivity index (χ3v) is 5.42. The van der Waals surface area contributed by atoms with Gasteiger partial charge < -0.3 is 0 Å². The molecule has 0 amide bonds. The van der Waals surface area contributed by atoms with Crippen molar-refractivity contribution in [1.29, 1.82) is 0 Å². The Labute approximate surface area is 124 Å². The fourth-order valence-electron chi connectivity index (χ4n) is 2.64. The molecule has 0 heterocycles. The molecule has 0 aromatic heterocycles. The highest BCUT2D eigenvalue weighted by atomic mass is 35.5. The van der Waals surface area contributed by atoms with Crippen LogP contribution in [0.4, 0.5) is 0 Å². The first-order chi connectivity index (χ1) is 9.33. The topological polar surface area (TPSA) is 63.2 Å². The summed E-state index contributed by atoms with van der Waals surface area (Å²) in [5.41, 5.74) is -0.246. The molecule has 0 unspecified atom stereocenters. The van der Waals surface area contributed by atoms with E-state index in [1.54, 1.807) is 24.3 Å². The Morgan fingerprint density at radius 3 is 2.30 bits per heavy atom. The van der Waals surface area contributed by atoms with Gasteiger partial charge in [-0.2, -0.15) is 0 Å². The minimum atomic E-state index is -3.55. The van der Waals surface area contributed by atoms with Crippen molar-refractivity contribution in [2.45, 2.75) is 43.9 Å². The Bertz CT molecular complexity index is 589. The monoisotopic (exact) mass is 315 g/mol. The second-order valence-corrected chi connectivity index (χ2v) is 7.49. The first-order valence-electron chi connectivity index (χ1n) is 6.60. The van der Waals surface area contributed by atoms with Crippen LogP contribution in [0.3, 0.4) is 0 Å². The van der Waals surface area contributed by atoms with Gasteiger partial charge in [-0.3, -0.25) is 4.79 Å². The molecule has 1 N–H and O–H groups in total. The van der Waals surface area contributed by atoms with E-state index in [0.717, 1.165) is 12.8 Å². The highest BCUT2D eigenvalue weighted by Crippen LogP contribution is 2.31. The van der Waals surface area contributed by atoms with Crippen molar-refractivity contribution in [1.82, 2.24) is 4.72 Å². The van der Waals surface area contributed by atoms with Gasteiger partial charge in [-0.25, -0.2) is 13.1 Å². The fourth-order valence-corrected chi connectivity index (χ4v) is 4.41. The Kier molecular flexibility index (Phi) is 4.52. The summed E-state index contributed by atoms with van der Waals surface area (Å²) < 4.78 is 27.1. The molecule has 1 aromatic rings. The van der Waals surface area contributed by atoms with Gasteiger partial charge in [-0.15, -0.1) is 0 Å². The molecule has 4 nitrogen and oxygen atoms in total. The highest BCUT2D eigenvalue weighted by Gasteiger charge is 2.41. The Balaban J connectivity index is 2.14. The molecule has 6 heteroatoms. The van der Waals surface area contributed by atoms with Gasteiger partial charge in [0.05, 0.1) is 11.3 Å². The lowest BCUT2D eigenvalue weighted by Gasteiger charge is -2.27. The SMILES string of the molecule is CC(=O)C1(NS(=O)(=O)Cc2ccc(Cl)cc2)CCCC1. The number of carbonyl (C=O) groups is 1. The Morgan fingerprint density at radius 1 is 1.25 bits per heavy atom. The average molecular weight is 316 g/mol. The van der Waals surface area contributed by atoms with Crippen molar-refractivity contribution >= 4 is 27.4 Å². The number of halogens is 1. The van der Waals surface area contributed by atoms with E-state index in [9.17, 15) is 13.2 Å². The second kappa shape index (κ2) is 5.84. The molecule has 0 bridgehead atoms. The maximum atomic E-state index is 12.3. The van der Waals surface area contributed by atoms with Crippen LogP contribution in [0.15, 0.2) is 24.3 Å². The number of benzene rings is 1. The van der Waals surface area contributed by atoms with Gasteiger partial charge in [-0.05, 0) is 37.5 Å². The zero-order valence-electron chi connectivity index (χ0n) is 11.4. The summed E-state index contributed by atoms with van der Waals surface area (Å²) in [4.78, 5) is 11.8. The molecule has 0 atom stereocenters. The highest BCUT2D eigenvalue weighted by molar-refractivity contribution is 7.88. The summed E-state index contributed by atoms with van der Waals surface area (Å²) in [5.74, 6) is -0.242. The van der Waals surface area contributed by atoms with Gasteiger partial charge in [0.15, 0.2) is 5.78 Å². The maximum absolute atomic E-state index is 12.3. The summed E-state index contributed by atoms with van der Waals surface area (Å²) >= 11 is 5.77. The van der Waals surface area contributed by atoms with Crippen LogP contribution in [-0.2, 0) is 20.6 Å². The van der Waals surface area contributed by atoms with Gasteiger partial charge in [-0.1, -0.05) is 36.6 Å². The fraction of sp³-hybridized carbons (Fsp3) is 0.500. The number of Topliss-reactive ketones (excluding diaryl/α,β-unsaturated/α-hetero) is 1. The van der Waals surface area contributed by atoms with Gasteiger partial charge in [0.2, 0.25) is 10.0 Å². The van der Waals surface area contributed by atoms with Crippen molar-refractivity contribution in [2.75, 3.05) is 0 Å². The summed E-state index contributed by atoms with van der Waals surface area (Å²) in [5, 5.41) is 0.565. The van der Waals surface area contributed by atoms with Crippen LogP contribution < -0.4 is 4.72 Å². The van der Waals surface area contributed by atoms with Crippen molar-refractivity contribution < 1.29 is 13.2 Å². The van der Waals surface area contributed by atoms with Gasteiger partial charge in [0.25, 0.3) is 0 Å². The van der Waals surface area contributed by atoms with Crippen LogP contribution in [0.25, 0.3) is 0 Å². The number of hydrogen-bond acceptors (Lipinski definition) is 3. The quantitative estimate of drug-likeness (QED) is 0.908. The average Bonchev–Trinajstić information content (AvgIpc) is 2.81. The van der Waals surface area contributed by atoms with E-state index in [0.29, 0.717) is 23.4 Å². The largest absolute Gasteiger partial charge is 0.298 e. The molecule has 1 aliphatic rings. The molecule has 110 valence electrons. The van der Waals surface area contributed by atoms with Crippen LogP contribution in [0.1, 0.15) is 38.2 Å².